The van der Waals surface area contributed by atoms with Gasteiger partial charge in [-0.25, -0.2) is 17.9 Å². The number of rotatable bonds is 4. The number of hydrogen-bond acceptors (Lipinski definition) is 7. The Morgan fingerprint density at radius 2 is 1.83 bits per heavy atom. The Morgan fingerprint density at radius 1 is 1.17 bits per heavy atom. The number of halogens is 1. The molecule has 0 saturated carbocycles. The van der Waals surface area contributed by atoms with Gasteiger partial charge in [-0.05, 0) is 73.7 Å². The van der Waals surface area contributed by atoms with Gasteiger partial charge in [-0.3, -0.25) is 4.72 Å². The van der Waals surface area contributed by atoms with Crippen LogP contribution in [0.25, 0.3) is 10.9 Å². The molecule has 0 atom stereocenters. The molecule has 0 amide bonds. The number of nitrogens with zero attached hydrogens (tertiary/aromatic N) is 2. The second-order valence-electron chi connectivity index (χ2n) is 7.30. The van der Waals surface area contributed by atoms with E-state index in [2.05, 4.69) is 9.82 Å². The molecule has 3 rings (SSSR count). The van der Waals surface area contributed by atoms with E-state index in [0.717, 1.165) is 0 Å². The fourth-order valence-electron chi connectivity index (χ4n) is 2.70. The lowest BCUT2D eigenvalue weighted by Gasteiger charge is -2.20. The van der Waals surface area contributed by atoms with E-state index in [-0.39, 0.29) is 21.7 Å². The summed E-state index contributed by atoms with van der Waals surface area (Å²) in [4.78, 5) is 23.4. The maximum Gasteiger partial charge on any atom is 0.340 e. The molecule has 30 heavy (non-hydrogen) atoms. The van der Waals surface area contributed by atoms with Gasteiger partial charge in [0, 0.05) is 11.1 Å². The predicted octanol–water partition coefficient (Wildman–Crippen LogP) is 2.59. The molecule has 0 spiro atoms. The summed E-state index contributed by atoms with van der Waals surface area (Å²) in [6.45, 7) is 5.05. The van der Waals surface area contributed by atoms with Crippen molar-refractivity contribution in [3.63, 3.8) is 0 Å². The Balaban J connectivity index is 1.99. The Morgan fingerprint density at radius 3 is 2.47 bits per heavy atom. The molecule has 0 aliphatic rings. The first-order valence-electron chi connectivity index (χ1n) is 8.64. The summed E-state index contributed by atoms with van der Waals surface area (Å²) in [6, 6.07) is 9.98. The second-order valence-corrected chi connectivity index (χ2v) is 9.98. The van der Waals surface area contributed by atoms with E-state index in [1.165, 1.54) is 36.4 Å². The van der Waals surface area contributed by atoms with Gasteiger partial charge in [0.1, 0.15) is 14.2 Å². The zero-order valence-corrected chi connectivity index (χ0v) is 19.1. The fourth-order valence-corrected chi connectivity index (χ4v) is 4.59. The molecule has 9 nitrogen and oxygen atoms in total. The summed E-state index contributed by atoms with van der Waals surface area (Å²) in [7, 11) is -4.14. The molecule has 2 aromatic carbocycles. The van der Waals surface area contributed by atoms with Gasteiger partial charge in [0.05, 0.1) is 11.1 Å². The highest BCUT2D eigenvalue weighted by Gasteiger charge is 2.26. The Labute approximate surface area is 186 Å². The quantitative estimate of drug-likeness (QED) is 0.396. The molecule has 0 aliphatic heterocycles. The number of benzene rings is 2. The molecular formula is C19H17IN3O6S-. The largest absolute Gasteiger partial charge is 0.528 e. The third kappa shape index (κ3) is 4.56. The molecular weight excluding hydrogens is 525 g/mol. The van der Waals surface area contributed by atoms with Crippen LogP contribution in [-0.4, -0.2) is 35.9 Å². The van der Waals surface area contributed by atoms with Crippen LogP contribution in [0.4, 0.5) is 10.5 Å². The van der Waals surface area contributed by atoms with Gasteiger partial charge in [0.25, 0.3) is 10.0 Å². The van der Waals surface area contributed by atoms with Crippen molar-refractivity contribution in [2.75, 3.05) is 4.72 Å². The number of esters is 1. The lowest BCUT2D eigenvalue weighted by atomic mass is 10.1. The van der Waals surface area contributed by atoms with E-state index in [9.17, 15) is 23.1 Å². The summed E-state index contributed by atoms with van der Waals surface area (Å²) < 4.78 is 34.7. The molecule has 0 bridgehead atoms. The minimum atomic E-state index is -4.14. The third-order valence-corrected chi connectivity index (χ3v) is 6.09. The van der Waals surface area contributed by atoms with Crippen LogP contribution in [0, 0.1) is 3.70 Å². The van der Waals surface area contributed by atoms with Crippen molar-refractivity contribution in [3.8, 4) is 0 Å². The van der Waals surface area contributed by atoms with Crippen LogP contribution in [0.1, 0.15) is 31.1 Å². The van der Waals surface area contributed by atoms with Crippen molar-refractivity contribution < 1.29 is 27.9 Å². The zero-order valence-electron chi connectivity index (χ0n) is 16.2. The SMILES string of the molecule is CC(C)(C)OC(=O)c1ccccc1S(=O)(=O)Nc1ccc2c(c1)c(I)nn2C(=O)[O-]. The fraction of sp³-hybridized carbons (Fsp3) is 0.211. The minimum Gasteiger partial charge on any atom is -0.528 e. The number of sulfonamides is 1. The number of anilines is 1. The molecule has 0 saturated heterocycles. The van der Waals surface area contributed by atoms with Crippen molar-refractivity contribution in [3.05, 3.63) is 51.7 Å². The smallest absolute Gasteiger partial charge is 0.340 e. The monoisotopic (exact) mass is 542 g/mol. The van der Waals surface area contributed by atoms with Gasteiger partial charge in [-0.2, -0.15) is 5.10 Å². The van der Waals surface area contributed by atoms with Crippen LogP contribution in [0.2, 0.25) is 0 Å². The number of carbonyl (C=O) groups is 2. The summed E-state index contributed by atoms with van der Waals surface area (Å²) >= 11 is 1.84. The van der Waals surface area contributed by atoms with Crippen LogP contribution in [0.15, 0.2) is 47.4 Å². The van der Waals surface area contributed by atoms with Crippen LogP contribution in [-0.2, 0) is 14.8 Å². The van der Waals surface area contributed by atoms with Crippen LogP contribution >= 0.6 is 22.6 Å². The number of aromatic nitrogens is 2. The van der Waals surface area contributed by atoms with E-state index in [0.29, 0.717) is 13.8 Å². The normalized spacial score (nSPS) is 12.0. The molecule has 1 heterocycles. The molecule has 1 N–H and O–H groups in total. The molecule has 3 aromatic rings. The van der Waals surface area contributed by atoms with Crippen LogP contribution in [0.5, 0.6) is 0 Å². The predicted molar refractivity (Wildman–Crippen MR) is 116 cm³/mol. The summed E-state index contributed by atoms with van der Waals surface area (Å²) in [5.41, 5.74) is -0.448. The van der Waals surface area contributed by atoms with Gasteiger partial charge >= 0.3 is 5.97 Å². The van der Waals surface area contributed by atoms with Crippen LogP contribution in [0.3, 0.4) is 0 Å². The van der Waals surface area contributed by atoms with Crippen molar-refractivity contribution >= 4 is 61.3 Å². The Kier molecular flexibility index (Phi) is 5.78. The van der Waals surface area contributed by atoms with Crippen molar-refractivity contribution in [2.24, 2.45) is 0 Å². The maximum atomic E-state index is 13.0. The van der Waals surface area contributed by atoms with E-state index in [4.69, 9.17) is 4.74 Å². The average Bonchev–Trinajstić information content (AvgIpc) is 2.97. The van der Waals surface area contributed by atoms with Gasteiger partial charge < -0.3 is 14.6 Å². The molecule has 0 unspecified atom stereocenters. The number of hydrogen-bond donors (Lipinski definition) is 1. The van der Waals surface area contributed by atoms with E-state index in [1.54, 1.807) is 26.8 Å². The lowest BCUT2D eigenvalue weighted by Crippen LogP contribution is -2.29. The summed E-state index contributed by atoms with van der Waals surface area (Å²) in [5, 5.41) is 15.4. The van der Waals surface area contributed by atoms with E-state index < -0.39 is 27.7 Å². The Bertz CT molecular complexity index is 1260. The van der Waals surface area contributed by atoms with Crippen molar-refractivity contribution in [1.29, 1.82) is 0 Å². The minimum absolute atomic E-state index is 0.0969. The highest BCUT2D eigenvalue weighted by Crippen LogP contribution is 2.27. The first kappa shape index (κ1) is 22.0. The van der Waals surface area contributed by atoms with Gasteiger partial charge in [-0.1, -0.05) is 12.1 Å². The van der Waals surface area contributed by atoms with Gasteiger partial charge in [0.2, 0.25) is 0 Å². The average molecular weight is 542 g/mol. The number of ether oxygens (including phenoxy) is 1. The van der Waals surface area contributed by atoms with Gasteiger partial charge in [0.15, 0.2) is 6.09 Å². The third-order valence-electron chi connectivity index (χ3n) is 3.86. The first-order chi connectivity index (χ1) is 13.9. The highest BCUT2D eigenvalue weighted by molar-refractivity contribution is 14.1. The van der Waals surface area contributed by atoms with Crippen molar-refractivity contribution in [2.45, 2.75) is 31.3 Å². The lowest BCUT2D eigenvalue weighted by molar-refractivity contribution is -0.251. The van der Waals surface area contributed by atoms with Crippen molar-refractivity contribution in [1.82, 2.24) is 9.78 Å². The number of fused-ring (bicyclic) bond motifs is 1. The summed E-state index contributed by atoms with van der Waals surface area (Å²) in [5.74, 6) is -0.760. The van der Waals surface area contributed by atoms with E-state index >= 15 is 0 Å². The molecule has 0 radical (unpaired) electrons. The standard InChI is InChI=1S/C19H18IN3O6S/c1-19(2,3)29-17(24)12-6-4-5-7-15(12)30(27,28)22-11-8-9-14-13(10-11)16(20)21-23(14)18(25)26/h4-10,22H,1-3H3,(H,25,26)/p-1. The summed E-state index contributed by atoms with van der Waals surface area (Å²) in [6.07, 6.45) is -1.50. The molecule has 0 aliphatic carbocycles. The maximum absolute atomic E-state index is 13.0. The highest BCUT2D eigenvalue weighted by atomic mass is 127. The molecule has 1 aromatic heterocycles. The second kappa shape index (κ2) is 7.87. The van der Waals surface area contributed by atoms with Gasteiger partial charge in [-0.15, -0.1) is 0 Å². The molecule has 158 valence electrons. The Hall–Kier alpha value is -2.67. The molecule has 11 heteroatoms. The number of nitrogens with one attached hydrogen (secondary N) is 1. The van der Waals surface area contributed by atoms with E-state index in [1.807, 2.05) is 22.6 Å². The number of carboxylic acid groups (broad SMARTS) is 1. The molecule has 0 fully saturated rings. The topological polar surface area (TPSA) is 130 Å². The number of carbonyl (C=O) groups excluding carboxylic acids is 2. The van der Waals surface area contributed by atoms with Crippen LogP contribution < -0.4 is 9.83 Å². The first-order valence-corrected chi connectivity index (χ1v) is 11.2. The zero-order chi connectivity index (χ0) is 22.3.